The predicted octanol–water partition coefficient (Wildman–Crippen LogP) is 2.96. The molecule has 25 heavy (non-hydrogen) atoms. The molecule has 0 aliphatic heterocycles. The highest BCUT2D eigenvalue weighted by molar-refractivity contribution is 5.93. The summed E-state index contributed by atoms with van der Waals surface area (Å²) >= 11 is 0. The van der Waals surface area contributed by atoms with Gasteiger partial charge in [-0.05, 0) is 31.4 Å². The zero-order chi connectivity index (χ0) is 18.6. The zero-order valence-corrected chi connectivity index (χ0v) is 15.2. The maximum Gasteiger partial charge on any atom is 0.307 e. The van der Waals surface area contributed by atoms with E-state index in [0.29, 0.717) is 17.2 Å². The summed E-state index contributed by atoms with van der Waals surface area (Å²) in [5.41, 5.74) is 3.91. The molecule has 0 saturated heterocycles. The van der Waals surface area contributed by atoms with Crippen molar-refractivity contribution >= 4 is 17.6 Å². The fourth-order valence-corrected chi connectivity index (χ4v) is 2.83. The summed E-state index contributed by atoms with van der Waals surface area (Å²) in [6.07, 6.45) is 0.0952. The van der Waals surface area contributed by atoms with Crippen molar-refractivity contribution in [3.05, 3.63) is 46.8 Å². The number of aromatic nitrogens is 2. The molecule has 0 spiro atoms. The number of anilines is 1. The summed E-state index contributed by atoms with van der Waals surface area (Å²) in [6.45, 7) is 8.95. The highest BCUT2D eigenvalue weighted by atomic mass is 16.4. The van der Waals surface area contributed by atoms with Crippen LogP contribution in [0.4, 0.5) is 5.69 Å². The second-order valence-electron chi connectivity index (χ2n) is 6.68. The monoisotopic (exact) mass is 343 g/mol. The van der Waals surface area contributed by atoms with Crippen molar-refractivity contribution < 1.29 is 14.7 Å². The van der Waals surface area contributed by atoms with E-state index >= 15 is 0 Å². The standard InChI is InChI=1S/C19H25N3O3/c1-12(2)11-22-14(4)16(13(3)21-22)10-18(23)20-17-8-6-5-7-15(17)9-19(24)25/h5-8,12H,9-11H2,1-4H3,(H,20,23)(H,24,25). The number of aryl methyl sites for hydroxylation is 1. The number of nitrogens with one attached hydrogen (secondary N) is 1. The molecule has 1 amide bonds. The molecule has 2 aromatic rings. The van der Waals surface area contributed by atoms with Gasteiger partial charge in [0.1, 0.15) is 0 Å². The summed E-state index contributed by atoms with van der Waals surface area (Å²) in [7, 11) is 0. The average molecular weight is 343 g/mol. The third-order valence-corrected chi connectivity index (χ3v) is 4.04. The number of hydrogen-bond acceptors (Lipinski definition) is 3. The van der Waals surface area contributed by atoms with Gasteiger partial charge in [0, 0.05) is 23.5 Å². The Morgan fingerprint density at radius 1 is 1.20 bits per heavy atom. The van der Waals surface area contributed by atoms with Gasteiger partial charge in [0.05, 0.1) is 18.5 Å². The summed E-state index contributed by atoms with van der Waals surface area (Å²) in [6, 6.07) is 6.97. The van der Waals surface area contributed by atoms with Crippen LogP contribution in [0.5, 0.6) is 0 Å². The quantitative estimate of drug-likeness (QED) is 0.809. The van der Waals surface area contributed by atoms with Crippen molar-refractivity contribution in [1.29, 1.82) is 0 Å². The zero-order valence-electron chi connectivity index (χ0n) is 15.2. The van der Waals surface area contributed by atoms with Crippen molar-refractivity contribution in [3.8, 4) is 0 Å². The Labute approximate surface area is 147 Å². The number of carbonyl (C=O) groups excluding carboxylic acids is 1. The number of amides is 1. The number of aliphatic carboxylic acids is 1. The minimum Gasteiger partial charge on any atom is -0.481 e. The van der Waals surface area contributed by atoms with Gasteiger partial charge < -0.3 is 10.4 Å². The van der Waals surface area contributed by atoms with Crippen LogP contribution in [0.2, 0.25) is 0 Å². The van der Waals surface area contributed by atoms with Crippen LogP contribution in [0.1, 0.15) is 36.4 Å². The number of benzene rings is 1. The first-order valence-corrected chi connectivity index (χ1v) is 8.40. The molecule has 0 fully saturated rings. The molecule has 0 unspecified atom stereocenters. The molecule has 2 rings (SSSR count). The molecule has 0 radical (unpaired) electrons. The molecular weight excluding hydrogens is 318 g/mol. The smallest absolute Gasteiger partial charge is 0.307 e. The fraction of sp³-hybridized carbons (Fsp3) is 0.421. The van der Waals surface area contributed by atoms with E-state index in [9.17, 15) is 9.59 Å². The molecule has 0 atom stereocenters. The molecule has 6 heteroatoms. The predicted molar refractivity (Wildman–Crippen MR) is 96.7 cm³/mol. The van der Waals surface area contributed by atoms with Gasteiger partial charge in [0.2, 0.25) is 5.91 Å². The van der Waals surface area contributed by atoms with E-state index in [0.717, 1.165) is 23.5 Å². The first-order valence-electron chi connectivity index (χ1n) is 8.40. The Balaban J connectivity index is 2.14. The number of rotatable bonds is 7. The largest absolute Gasteiger partial charge is 0.481 e. The van der Waals surface area contributed by atoms with Gasteiger partial charge in [-0.15, -0.1) is 0 Å². The second-order valence-corrected chi connectivity index (χ2v) is 6.68. The second kappa shape index (κ2) is 7.96. The van der Waals surface area contributed by atoms with E-state index in [1.165, 1.54) is 0 Å². The lowest BCUT2D eigenvalue weighted by Gasteiger charge is -2.10. The highest BCUT2D eigenvalue weighted by Crippen LogP contribution is 2.19. The normalized spacial score (nSPS) is 10.9. The fourth-order valence-electron chi connectivity index (χ4n) is 2.83. The van der Waals surface area contributed by atoms with E-state index in [1.807, 2.05) is 18.5 Å². The molecular formula is C19H25N3O3. The molecule has 0 bridgehead atoms. The van der Waals surface area contributed by atoms with E-state index < -0.39 is 5.97 Å². The van der Waals surface area contributed by atoms with E-state index in [2.05, 4.69) is 24.3 Å². The van der Waals surface area contributed by atoms with Crippen LogP contribution >= 0.6 is 0 Å². The summed E-state index contributed by atoms with van der Waals surface area (Å²) in [5, 5.41) is 16.3. The maximum atomic E-state index is 12.5. The molecule has 2 N–H and O–H groups in total. The molecule has 6 nitrogen and oxygen atoms in total. The third kappa shape index (κ3) is 4.92. The van der Waals surface area contributed by atoms with E-state index in [4.69, 9.17) is 5.11 Å². The van der Waals surface area contributed by atoms with Crippen LogP contribution in [0.25, 0.3) is 0 Å². The number of hydrogen-bond donors (Lipinski definition) is 2. The van der Waals surface area contributed by atoms with Gasteiger partial charge in [-0.3, -0.25) is 14.3 Å². The lowest BCUT2D eigenvalue weighted by atomic mass is 10.1. The minimum atomic E-state index is -0.927. The summed E-state index contributed by atoms with van der Waals surface area (Å²) in [4.78, 5) is 23.4. The maximum absolute atomic E-state index is 12.5. The van der Waals surface area contributed by atoms with Gasteiger partial charge in [-0.1, -0.05) is 32.0 Å². The summed E-state index contributed by atoms with van der Waals surface area (Å²) < 4.78 is 1.95. The van der Waals surface area contributed by atoms with Crippen LogP contribution in [0.15, 0.2) is 24.3 Å². The van der Waals surface area contributed by atoms with Crippen LogP contribution in [-0.2, 0) is 29.0 Å². The molecule has 0 aliphatic rings. The molecule has 0 aliphatic carbocycles. The lowest BCUT2D eigenvalue weighted by molar-refractivity contribution is -0.136. The number of nitrogens with zero attached hydrogens (tertiary/aromatic N) is 2. The topological polar surface area (TPSA) is 84.2 Å². The van der Waals surface area contributed by atoms with Crippen molar-refractivity contribution in [1.82, 2.24) is 9.78 Å². The minimum absolute atomic E-state index is 0.124. The van der Waals surface area contributed by atoms with Crippen molar-refractivity contribution in [2.45, 2.75) is 47.1 Å². The number of para-hydroxylation sites is 1. The molecule has 1 aromatic carbocycles. The van der Waals surface area contributed by atoms with Gasteiger partial charge in [0.15, 0.2) is 0 Å². The Bertz CT molecular complexity index is 778. The van der Waals surface area contributed by atoms with Crippen molar-refractivity contribution in [2.24, 2.45) is 5.92 Å². The van der Waals surface area contributed by atoms with Crippen molar-refractivity contribution in [2.75, 3.05) is 5.32 Å². The molecule has 134 valence electrons. The number of carboxylic acid groups (broad SMARTS) is 1. The van der Waals surface area contributed by atoms with Crippen molar-refractivity contribution in [3.63, 3.8) is 0 Å². The molecule has 1 aromatic heterocycles. The highest BCUT2D eigenvalue weighted by Gasteiger charge is 2.16. The van der Waals surface area contributed by atoms with Gasteiger partial charge in [0.25, 0.3) is 0 Å². The van der Waals surface area contributed by atoms with Gasteiger partial charge >= 0.3 is 5.97 Å². The number of carboxylic acids is 1. The van der Waals surface area contributed by atoms with E-state index in [-0.39, 0.29) is 18.7 Å². The van der Waals surface area contributed by atoms with Crippen LogP contribution < -0.4 is 5.32 Å². The SMILES string of the molecule is Cc1nn(CC(C)C)c(C)c1CC(=O)Nc1ccccc1CC(=O)O. The Hall–Kier alpha value is -2.63. The Kier molecular flexibility index (Phi) is 5.96. The number of carbonyl (C=O) groups is 2. The summed E-state index contributed by atoms with van der Waals surface area (Å²) in [5.74, 6) is -0.626. The van der Waals surface area contributed by atoms with Crippen LogP contribution in [0.3, 0.4) is 0 Å². The first-order chi connectivity index (χ1) is 11.8. The average Bonchev–Trinajstić information content (AvgIpc) is 2.75. The lowest BCUT2D eigenvalue weighted by Crippen LogP contribution is -2.17. The van der Waals surface area contributed by atoms with Crippen LogP contribution in [-0.4, -0.2) is 26.8 Å². The van der Waals surface area contributed by atoms with Gasteiger partial charge in [-0.25, -0.2) is 0 Å². The molecule has 0 saturated carbocycles. The molecule has 1 heterocycles. The van der Waals surface area contributed by atoms with Crippen LogP contribution in [0, 0.1) is 19.8 Å². The Morgan fingerprint density at radius 2 is 1.88 bits per heavy atom. The third-order valence-electron chi connectivity index (χ3n) is 4.04. The Morgan fingerprint density at radius 3 is 2.52 bits per heavy atom. The van der Waals surface area contributed by atoms with Gasteiger partial charge in [-0.2, -0.15) is 5.10 Å². The first kappa shape index (κ1) is 18.7. The van der Waals surface area contributed by atoms with E-state index in [1.54, 1.807) is 24.3 Å².